The molecule has 1 aliphatic carbocycles. The summed E-state index contributed by atoms with van der Waals surface area (Å²) in [5.74, 6) is 0.605. The molecule has 1 aromatic rings. The third-order valence-electron chi connectivity index (χ3n) is 4.73. The van der Waals surface area contributed by atoms with Gasteiger partial charge in [0.25, 0.3) is 0 Å². The van der Waals surface area contributed by atoms with E-state index in [1.807, 2.05) is 0 Å². The van der Waals surface area contributed by atoms with E-state index >= 15 is 0 Å². The summed E-state index contributed by atoms with van der Waals surface area (Å²) in [5, 5.41) is 0. The molecule has 106 valence electrons. The van der Waals surface area contributed by atoms with Crippen LogP contribution in [0.5, 0.6) is 0 Å². The van der Waals surface area contributed by atoms with E-state index in [9.17, 15) is 0 Å². The van der Waals surface area contributed by atoms with Crippen molar-refractivity contribution in [2.75, 3.05) is 11.9 Å². The maximum atomic E-state index is 5.93. The standard InChI is InChI=1S/C17H26ClN/c1-13-11-16(6-5-14(13)12-18)19(4)15-7-9-17(2,3)10-8-15/h5-6,11,15H,7-10,12H2,1-4H3. The zero-order valence-electron chi connectivity index (χ0n) is 12.7. The molecule has 0 N–H and O–H groups in total. The summed E-state index contributed by atoms with van der Waals surface area (Å²) in [6, 6.07) is 7.34. The van der Waals surface area contributed by atoms with Crippen molar-refractivity contribution in [1.29, 1.82) is 0 Å². The maximum absolute atomic E-state index is 5.93. The highest BCUT2D eigenvalue weighted by Gasteiger charge is 2.28. The first-order valence-corrected chi connectivity index (χ1v) is 7.85. The van der Waals surface area contributed by atoms with Crippen molar-refractivity contribution < 1.29 is 0 Å². The molecule has 0 heterocycles. The van der Waals surface area contributed by atoms with Crippen LogP contribution in [-0.2, 0) is 5.88 Å². The Balaban J connectivity index is 2.08. The molecule has 1 aliphatic rings. The molecule has 0 bridgehead atoms. The highest BCUT2D eigenvalue weighted by atomic mass is 35.5. The number of rotatable bonds is 3. The lowest BCUT2D eigenvalue weighted by Gasteiger charge is -2.39. The van der Waals surface area contributed by atoms with Crippen LogP contribution in [0.2, 0.25) is 0 Å². The Bertz CT molecular complexity index is 429. The smallest absolute Gasteiger partial charge is 0.0476 e. The minimum Gasteiger partial charge on any atom is -0.372 e. The van der Waals surface area contributed by atoms with Crippen LogP contribution in [0.25, 0.3) is 0 Å². The predicted octanol–water partition coefficient (Wildman–Crippen LogP) is 5.14. The number of alkyl halides is 1. The molecule has 0 unspecified atom stereocenters. The van der Waals surface area contributed by atoms with E-state index in [2.05, 4.69) is 50.9 Å². The van der Waals surface area contributed by atoms with Gasteiger partial charge in [-0.15, -0.1) is 11.6 Å². The summed E-state index contributed by atoms with van der Waals surface area (Å²) in [6.45, 7) is 6.93. The van der Waals surface area contributed by atoms with Crippen molar-refractivity contribution in [1.82, 2.24) is 0 Å². The lowest BCUT2D eigenvalue weighted by molar-refractivity contribution is 0.222. The Labute approximate surface area is 123 Å². The molecular weight excluding hydrogens is 254 g/mol. The van der Waals surface area contributed by atoms with E-state index in [1.54, 1.807) is 0 Å². The minimum absolute atomic E-state index is 0.537. The first-order chi connectivity index (χ1) is 8.93. The highest BCUT2D eigenvalue weighted by Crippen LogP contribution is 2.37. The van der Waals surface area contributed by atoms with Crippen LogP contribution in [-0.4, -0.2) is 13.1 Å². The molecule has 1 fully saturated rings. The number of hydrogen-bond donors (Lipinski definition) is 0. The van der Waals surface area contributed by atoms with Crippen LogP contribution < -0.4 is 4.90 Å². The molecule has 2 heteroatoms. The van der Waals surface area contributed by atoms with Crippen molar-refractivity contribution in [3.05, 3.63) is 29.3 Å². The van der Waals surface area contributed by atoms with Crippen LogP contribution in [0.1, 0.15) is 50.7 Å². The van der Waals surface area contributed by atoms with Gasteiger partial charge in [0, 0.05) is 24.7 Å². The number of benzene rings is 1. The largest absolute Gasteiger partial charge is 0.372 e. The summed E-state index contributed by atoms with van der Waals surface area (Å²) in [4.78, 5) is 2.46. The van der Waals surface area contributed by atoms with Gasteiger partial charge in [-0.3, -0.25) is 0 Å². The zero-order valence-corrected chi connectivity index (χ0v) is 13.4. The summed E-state index contributed by atoms with van der Waals surface area (Å²) in [7, 11) is 2.23. The number of halogens is 1. The molecule has 0 radical (unpaired) electrons. The molecule has 0 amide bonds. The third-order valence-corrected chi connectivity index (χ3v) is 5.02. The predicted molar refractivity (Wildman–Crippen MR) is 85.2 cm³/mol. The molecule has 19 heavy (non-hydrogen) atoms. The first kappa shape index (κ1) is 14.7. The number of nitrogens with zero attached hydrogens (tertiary/aromatic N) is 1. The summed E-state index contributed by atoms with van der Waals surface area (Å²) in [6.07, 6.45) is 5.28. The van der Waals surface area contributed by atoms with Crippen molar-refractivity contribution in [2.24, 2.45) is 5.41 Å². The van der Waals surface area contributed by atoms with Gasteiger partial charge in [-0.1, -0.05) is 19.9 Å². The van der Waals surface area contributed by atoms with Crippen molar-refractivity contribution in [2.45, 2.75) is 58.4 Å². The molecule has 0 aromatic heterocycles. The fourth-order valence-electron chi connectivity index (χ4n) is 3.03. The van der Waals surface area contributed by atoms with Crippen LogP contribution in [0, 0.1) is 12.3 Å². The molecule has 1 saturated carbocycles. The average molecular weight is 280 g/mol. The molecule has 2 rings (SSSR count). The van der Waals surface area contributed by atoms with Crippen molar-refractivity contribution >= 4 is 17.3 Å². The van der Waals surface area contributed by atoms with Crippen LogP contribution in [0.4, 0.5) is 5.69 Å². The molecule has 0 aliphatic heterocycles. The van der Waals surface area contributed by atoms with E-state index in [0.717, 1.165) is 0 Å². The van der Waals surface area contributed by atoms with Crippen LogP contribution in [0.3, 0.4) is 0 Å². The lowest BCUT2D eigenvalue weighted by Crippen LogP contribution is -2.37. The molecular formula is C17H26ClN. The molecule has 1 aromatic carbocycles. The fraction of sp³-hybridized carbons (Fsp3) is 0.647. The summed E-state index contributed by atoms with van der Waals surface area (Å²) >= 11 is 5.93. The SMILES string of the molecule is Cc1cc(N(C)C2CCC(C)(C)CC2)ccc1CCl. The number of anilines is 1. The van der Waals surface area contributed by atoms with Gasteiger partial charge < -0.3 is 4.90 Å². The van der Waals surface area contributed by atoms with Gasteiger partial charge in [0.05, 0.1) is 0 Å². The van der Waals surface area contributed by atoms with Gasteiger partial charge in [0.2, 0.25) is 0 Å². The lowest BCUT2D eigenvalue weighted by atomic mass is 9.75. The number of hydrogen-bond acceptors (Lipinski definition) is 1. The molecule has 0 atom stereocenters. The van der Waals surface area contributed by atoms with Crippen LogP contribution in [0.15, 0.2) is 18.2 Å². The Morgan fingerprint density at radius 1 is 1.26 bits per heavy atom. The second-order valence-electron chi connectivity index (χ2n) is 6.75. The zero-order chi connectivity index (χ0) is 14.0. The fourth-order valence-corrected chi connectivity index (χ4v) is 3.33. The van der Waals surface area contributed by atoms with E-state index in [4.69, 9.17) is 11.6 Å². The Morgan fingerprint density at radius 2 is 1.89 bits per heavy atom. The van der Waals surface area contributed by atoms with Gasteiger partial charge >= 0.3 is 0 Å². The van der Waals surface area contributed by atoms with Crippen molar-refractivity contribution in [3.63, 3.8) is 0 Å². The summed E-state index contributed by atoms with van der Waals surface area (Å²) in [5.41, 5.74) is 4.41. The monoisotopic (exact) mass is 279 g/mol. The summed E-state index contributed by atoms with van der Waals surface area (Å²) < 4.78 is 0. The molecule has 0 saturated heterocycles. The second-order valence-corrected chi connectivity index (χ2v) is 7.02. The number of aryl methyl sites for hydroxylation is 1. The quantitative estimate of drug-likeness (QED) is 0.693. The maximum Gasteiger partial charge on any atom is 0.0476 e. The third kappa shape index (κ3) is 3.45. The Hall–Kier alpha value is -0.690. The Kier molecular flexibility index (Phi) is 4.45. The Morgan fingerprint density at radius 3 is 2.42 bits per heavy atom. The van der Waals surface area contributed by atoms with Gasteiger partial charge in [0.15, 0.2) is 0 Å². The van der Waals surface area contributed by atoms with Gasteiger partial charge in [0.1, 0.15) is 0 Å². The van der Waals surface area contributed by atoms with Gasteiger partial charge in [-0.2, -0.15) is 0 Å². The van der Waals surface area contributed by atoms with E-state index < -0.39 is 0 Å². The van der Waals surface area contributed by atoms with Gasteiger partial charge in [-0.05, 0) is 61.3 Å². The van der Waals surface area contributed by atoms with E-state index in [1.165, 1.54) is 42.5 Å². The minimum atomic E-state index is 0.537. The molecule has 0 spiro atoms. The van der Waals surface area contributed by atoms with E-state index in [0.29, 0.717) is 17.3 Å². The van der Waals surface area contributed by atoms with Gasteiger partial charge in [-0.25, -0.2) is 0 Å². The van der Waals surface area contributed by atoms with Crippen molar-refractivity contribution in [3.8, 4) is 0 Å². The van der Waals surface area contributed by atoms with E-state index in [-0.39, 0.29) is 0 Å². The highest BCUT2D eigenvalue weighted by molar-refractivity contribution is 6.17. The van der Waals surface area contributed by atoms with Crippen LogP contribution >= 0.6 is 11.6 Å². The second kappa shape index (κ2) is 5.75. The topological polar surface area (TPSA) is 3.24 Å². The average Bonchev–Trinajstić information content (AvgIpc) is 2.38. The normalized spacial score (nSPS) is 19.4. The molecule has 1 nitrogen and oxygen atoms in total. The first-order valence-electron chi connectivity index (χ1n) is 7.31.